The van der Waals surface area contributed by atoms with Crippen LogP contribution in [0.5, 0.6) is 0 Å². The average molecular weight is 288 g/mol. The molecule has 3 heterocycles. The maximum absolute atomic E-state index is 11.6. The van der Waals surface area contributed by atoms with Crippen LogP contribution in [0.2, 0.25) is 0 Å². The minimum Gasteiger partial charge on any atom is -0.480 e. The topological polar surface area (TPSA) is 53.4 Å². The number of fused-ring (bicyclic) bond motifs is 1. The first-order valence-electron chi connectivity index (χ1n) is 6.69. The van der Waals surface area contributed by atoms with Gasteiger partial charge in [-0.2, -0.15) is 0 Å². The summed E-state index contributed by atoms with van der Waals surface area (Å²) in [5.74, 6) is -0.759. The van der Waals surface area contributed by atoms with Crippen molar-refractivity contribution in [2.75, 3.05) is 13.1 Å². The minimum absolute atomic E-state index is 0.506. The van der Waals surface area contributed by atoms with Crippen LogP contribution < -0.4 is 0 Å². The zero-order chi connectivity index (χ0) is 13.9. The molecule has 0 saturated heterocycles. The molecule has 3 rings (SSSR count). The van der Waals surface area contributed by atoms with Gasteiger partial charge in [0.1, 0.15) is 6.04 Å². The van der Waals surface area contributed by atoms with E-state index in [-0.39, 0.29) is 0 Å². The van der Waals surface area contributed by atoms with Crippen LogP contribution in [0.3, 0.4) is 0 Å². The predicted molar refractivity (Wildman–Crippen MR) is 77.9 cm³/mol. The molecule has 5 heteroatoms. The van der Waals surface area contributed by atoms with Crippen molar-refractivity contribution in [2.45, 2.75) is 18.9 Å². The maximum Gasteiger partial charge on any atom is 0.325 e. The molecule has 0 bridgehead atoms. The molecule has 0 aromatic carbocycles. The minimum atomic E-state index is -0.759. The van der Waals surface area contributed by atoms with Crippen LogP contribution in [0.15, 0.2) is 35.8 Å². The molecule has 20 heavy (non-hydrogen) atoms. The molecule has 0 fully saturated rings. The lowest BCUT2D eigenvalue weighted by Crippen LogP contribution is -2.40. The molecule has 1 aliphatic rings. The zero-order valence-electron chi connectivity index (χ0n) is 11.0. The van der Waals surface area contributed by atoms with Crippen molar-refractivity contribution in [1.29, 1.82) is 0 Å². The molecular formula is C15H16N2O2S. The van der Waals surface area contributed by atoms with E-state index < -0.39 is 12.0 Å². The van der Waals surface area contributed by atoms with Crippen LogP contribution in [-0.4, -0.2) is 34.0 Å². The Kier molecular flexibility index (Phi) is 3.80. The molecule has 1 N–H and O–H groups in total. The first kappa shape index (κ1) is 13.3. The SMILES string of the molecule is O=C(O)C1c2ccsc2CCN1CCc1ccccn1. The molecule has 1 aliphatic heterocycles. The summed E-state index contributed by atoms with van der Waals surface area (Å²) in [6, 6.07) is 7.28. The number of hydrogen-bond donors (Lipinski definition) is 1. The lowest BCUT2D eigenvalue weighted by molar-refractivity contribution is -0.144. The van der Waals surface area contributed by atoms with E-state index in [1.165, 1.54) is 4.88 Å². The number of nitrogens with zero attached hydrogens (tertiary/aromatic N) is 2. The summed E-state index contributed by atoms with van der Waals surface area (Å²) in [7, 11) is 0. The van der Waals surface area contributed by atoms with Crippen molar-refractivity contribution in [3.05, 3.63) is 52.0 Å². The Morgan fingerprint density at radius 1 is 1.45 bits per heavy atom. The Hall–Kier alpha value is -1.72. The van der Waals surface area contributed by atoms with Gasteiger partial charge in [-0.1, -0.05) is 6.07 Å². The van der Waals surface area contributed by atoms with Crippen molar-refractivity contribution in [1.82, 2.24) is 9.88 Å². The quantitative estimate of drug-likeness (QED) is 0.938. The number of aromatic nitrogens is 1. The van der Waals surface area contributed by atoms with E-state index in [2.05, 4.69) is 4.98 Å². The van der Waals surface area contributed by atoms with Gasteiger partial charge in [0, 0.05) is 36.3 Å². The third-order valence-electron chi connectivity index (χ3n) is 3.68. The van der Waals surface area contributed by atoms with Gasteiger partial charge in [0.15, 0.2) is 0 Å². The molecule has 0 saturated carbocycles. The van der Waals surface area contributed by atoms with Crippen molar-refractivity contribution < 1.29 is 9.90 Å². The van der Waals surface area contributed by atoms with Crippen molar-refractivity contribution in [3.63, 3.8) is 0 Å². The van der Waals surface area contributed by atoms with Crippen LogP contribution in [0, 0.1) is 0 Å². The summed E-state index contributed by atoms with van der Waals surface area (Å²) in [6.07, 6.45) is 3.50. The Balaban J connectivity index is 1.75. The van der Waals surface area contributed by atoms with Gasteiger partial charge in [-0.25, -0.2) is 0 Å². The summed E-state index contributed by atoms with van der Waals surface area (Å²) >= 11 is 1.66. The highest BCUT2D eigenvalue weighted by Crippen LogP contribution is 2.33. The van der Waals surface area contributed by atoms with Crippen LogP contribution in [0.4, 0.5) is 0 Å². The summed E-state index contributed by atoms with van der Waals surface area (Å²) in [5, 5.41) is 11.5. The Morgan fingerprint density at radius 2 is 2.35 bits per heavy atom. The van der Waals surface area contributed by atoms with Crippen LogP contribution in [-0.2, 0) is 17.6 Å². The van der Waals surface area contributed by atoms with Gasteiger partial charge in [-0.3, -0.25) is 14.7 Å². The van der Waals surface area contributed by atoms with Gasteiger partial charge in [0.25, 0.3) is 0 Å². The number of aliphatic carboxylic acids is 1. The first-order chi connectivity index (χ1) is 9.75. The number of hydrogen-bond acceptors (Lipinski definition) is 4. The number of rotatable bonds is 4. The van der Waals surface area contributed by atoms with Gasteiger partial charge in [-0.15, -0.1) is 11.3 Å². The molecule has 104 valence electrons. The van der Waals surface area contributed by atoms with E-state index in [4.69, 9.17) is 0 Å². The molecule has 0 amide bonds. The number of thiophene rings is 1. The van der Waals surface area contributed by atoms with E-state index >= 15 is 0 Å². The van der Waals surface area contributed by atoms with Crippen molar-refractivity contribution >= 4 is 17.3 Å². The number of carboxylic acid groups (broad SMARTS) is 1. The van der Waals surface area contributed by atoms with Gasteiger partial charge in [-0.05, 0) is 35.6 Å². The lowest BCUT2D eigenvalue weighted by atomic mass is 9.99. The van der Waals surface area contributed by atoms with E-state index in [1.54, 1.807) is 17.5 Å². The van der Waals surface area contributed by atoms with Crippen LogP contribution in [0.25, 0.3) is 0 Å². The normalized spacial score (nSPS) is 18.7. The average Bonchev–Trinajstić information content (AvgIpc) is 2.93. The highest BCUT2D eigenvalue weighted by atomic mass is 32.1. The molecule has 1 atom stereocenters. The molecule has 0 spiro atoms. The largest absolute Gasteiger partial charge is 0.480 e. The molecule has 4 nitrogen and oxygen atoms in total. The molecule has 0 aliphatic carbocycles. The molecular weight excluding hydrogens is 272 g/mol. The molecule has 2 aromatic rings. The number of carboxylic acids is 1. The standard InChI is InChI=1S/C15H16N2O2S/c18-15(19)14-12-6-10-20-13(12)5-9-17(14)8-4-11-3-1-2-7-16-11/h1-3,6-7,10,14H,4-5,8-9H2,(H,18,19). The van der Waals surface area contributed by atoms with Gasteiger partial charge in [0.05, 0.1) is 0 Å². The Labute approximate surface area is 121 Å². The number of pyridine rings is 1. The highest BCUT2D eigenvalue weighted by Gasteiger charge is 2.33. The first-order valence-corrected chi connectivity index (χ1v) is 7.56. The number of carbonyl (C=O) groups is 1. The smallest absolute Gasteiger partial charge is 0.325 e. The highest BCUT2D eigenvalue weighted by molar-refractivity contribution is 7.10. The van der Waals surface area contributed by atoms with Crippen molar-refractivity contribution in [3.8, 4) is 0 Å². The molecule has 1 unspecified atom stereocenters. The van der Waals surface area contributed by atoms with Crippen molar-refractivity contribution in [2.24, 2.45) is 0 Å². The van der Waals surface area contributed by atoms with E-state index in [0.29, 0.717) is 0 Å². The molecule has 0 radical (unpaired) electrons. The van der Waals surface area contributed by atoms with Gasteiger partial charge in [0.2, 0.25) is 0 Å². The fourth-order valence-corrected chi connectivity index (χ4v) is 3.61. The van der Waals surface area contributed by atoms with Crippen LogP contribution in [0.1, 0.15) is 22.2 Å². The fourth-order valence-electron chi connectivity index (χ4n) is 2.70. The Morgan fingerprint density at radius 3 is 3.10 bits per heavy atom. The van der Waals surface area contributed by atoms with E-state index in [1.807, 2.05) is 34.5 Å². The third-order valence-corrected chi connectivity index (χ3v) is 4.68. The van der Waals surface area contributed by atoms with E-state index in [0.717, 1.165) is 37.2 Å². The summed E-state index contributed by atoms with van der Waals surface area (Å²) in [6.45, 7) is 1.53. The fraction of sp³-hybridized carbons (Fsp3) is 0.333. The lowest BCUT2D eigenvalue weighted by Gasteiger charge is -2.32. The summed E-state index contributed by atoms with van der Waals surface area (Å²) in [4.78, 5) is 19.1. The summed E-state index contributed by atoms with van der Waals surface area (Å²) in [5.41, 5.74) is 1.97. The van der Waals surface area contributed by atoms with Crippen LogP contribution >= 0.6 is 11.3 Å². The second-order valence-corrected chi connectivity index (χ2v) is 5.90. The maximum atomic E-state index is 11.6. The summed E-state index contributed by atoms with van der Waals surface area (Å²) < 4.78 is 0. The van der Waals surface area contributed by atoms with Gasteiger partial charge < -0.3 is 5.11 Å². The van der Waals surface area contributed by atoms with Gasteiger partial charge >= 0.3 is 5.97 Å². The zero-order valence-corrected chi connectivity index (χ0v) is 11.8. The second-order valence-electron chi connectivity index (χ2n) is 4.90. The monoisotopic (exact) mass is 288 g/mol. The second kappa shape index (κ2) is 5.73. The predicted octanol–water partition coefficient (Wildman–Crippen LogP) is 2.37. The Bertz CT molecular complexity index is 597. The van der Waals surface area contributed by atoms with E-state index in [9.17, 15) is 9.90 Å². The third kappa shape index (κ3) is 2.59. The molecule has 2 aromatic heterocycles.